The van der Waals surface area contributed by atoms with Crippen LogP contribution in [0.5, 0.6) is 0 Å². The molecule has 2 N–H and O–H groups in total. The number of amides is 2. The summed E-state index contributed by atoms with van der Waals surface area (Å²) in [4.78, 5) is 23.7. The highest BCUT2D eigenvalue weighted by Gasteiger charge is 2.07. The summed E-state index contributed by atoms with van der Waals surface area (Å²) in [6.45, 7) is 6.52. The highest BCUT2D eigenvalue weighted by atomic mass is 16.2. The molecule has 0 radical (unpaired) electrons. The minimum Gasteiger partial charge on any atom is -0.352 e. The molecule has 4 nitrogen and oxygen atoms in total. The smallest absolute Gasteiger partial charge is 0.251 e. The number of anilines is 1. The van der Waals surface area contributed by atoms with Crippen molar-refractivity contribution in [1.29, 1.82) is 0 Å². The summed E-state index contributed by atoms with van der Waals surface area (Å²) in [6, 6.07) is 13.3. The fourth-order valence-corrected chi connectivity index (χ4v) is 2.47. The van der Waals surface area contributed by atoms with Crippen molar-refractivity contribution in [1.82, 2.24) is 5.32 Å². The largest absolute Gasteiger partial charge is 0.352 e. The maximum absolute atomic E-state index is 12.3. The second-order valence-electron chi connectivity index (χ2n) is 5.92. The van der Waals surface area contributed by atoms with Crippen molar-refractivity contribution in [2.24, 2.45) is 0 Å². The van der Waals surface area contributed by atoms with Gasteiger partial charge in [0.05, 0.1) is 0 Å². The van der Waals surface area contributed by atoms with E-state index in [9.17, 15) is 9.59 Å². The third kappa shape index (κ3) is 4.95. The number of carbonyl (C=O) groups excluding carboxylic acids is 2. The second kappa shape index (κ2) is 8.29. The highest BCUT2D eigenvalue weighted by molar-refractivity contribution is 5.97. The van der Waals surface area contributed by atoms with Gasteiger partial charge in [-0.2, -0.15) is 0 Å². The molecule has 2 rings (SSSR count). The van der Waals surface area contributed by atoms with E-state index in [0.717, 1.165) is 6.42 Å². The molecule has 0 fully saturated rings. The lowest BCUT2D eigenvalue weighted by Crippen LogP contribution is -2.26. The highest BCUT2D eigenvalue weighted by Crippen LogP contribution is 2.12. The van der Waals surface area contributed by atoms with E-state index in [-0.39, 0.29) is 11.8 Å². The minimum atomic E-state index is -0.132. The van der Waals surface area contributed by atoms with Gasteiger partial charge in [-0.15, -0.1) is 0 Å². The number of nitrogens with one attached hydrogen (secondary N) is 2. The van der Waals surface area contributed by atoms with Crippen molar-refractivity contribution in [3.8, 4) is 0 Å². The van der Waals surface area contributed by atoms with Crippen molar-refractivity contribution < 1.29 is 9.59 Å². The van der Waals surface area contributed by atoms with Crippen LogP contribution in [0.4, 0.5) is 5.69 Å². The van der Waals surface area contributed by atoms with Gasteiger partial charge in [-0.3, -0.25) is 9.59 Å². The number of benzene rings is 2. The van der Waals surface area contributed by atoms with Gasteiger partial charge in [-0.05, 0) is 49.6 Å². The van der Waals surface area contributed by atoms with E-state index in [1.54, 1.807) is 31.2 Å². The molecule has 0 aliphatic carbocycles. The van der Waals surface area contributed by atoms with Crippen LogP contribution in [0.2, 0.25) is 0 Å². The van der Waals surface area contributed by atoms with Gasteiger partial charge in [-0.1, -0.05) is 36.8 Å². The Balaban J connectivity index is 1.94. The predicted molar refractivity (Wildman–Crippen MR) is 97.3 cm³/mol. The summed E-state index contributed by atoms with van der Waals surface area (Å²) in [5.74, 6) is -0.199. The molecule has 0 bridgehead atoms. The molecule has 0 spiro atoms. The lowest BCUT2D eigenvalue weighted by Gasteiger charge is -2.10. The normalized spacial score (nSPS) is 10.3. The van der Waals surface area contributed by atoms with Crippen LogP contribution in [0.3, 0.4) is 0 Å². The Labute approximate surface area is 143 Å². The summed E-state index contributed by atoms with van der Waals surface area (Å²) in [7, 11) is 0. The first-order valence-electron chi connectivity index (χ1n) is 8.24. The average molecular weight is 324 g/mol. The SMILES string of the molecule is CCC(=O)Nc1cccc(C(=O)NCCc2cc(C)ccc2C)c1. The van der Waals surface area contributed by atoms with E-state index in [4.69, 9.17) is 0 Å². The molecule has 0 aliphatic rings. The van der Waals surface area contributed by atoms with Crippen molar-refractivity contribution in [3.05, 3.63) is 64.7 Å². The van der Waals surface area contributed by atoms with Crippen LogP contribution in [0.25, 0.3) is 0 Å². The zero-order chi connectivity index (χ0) is 17.5. The van der Waals surface area contributed by atoms with Gasteiger partial charge in [0.15, 0.2) is 0 Å². The van der Waals surface area contributed by atoms with Crippen molar-refractivity contribution in [2.75, 3.05) is 11.9 Å². The van der Waals surface area contributed by atoms with Crippen molar-refractivity contribution >= 4 is 17.5 Å². The Morgan fingerprint density at radius 1 is 1.04 bits per heavy atom. The number of hydrogen-bond donors (Lipinski definition) is 2. The summed E-state index contributed by atoms with van der Waals surface area (Å²) in [5.41, 5.74) is 4.90. The fraction of sp³-hybridized carbons (Fsp3) is 0.300. The molecule has 2 amide bonds. The first-order valence-corrected chi connectivity index (χ1v) is 8.24. The van der Waals surface area contributed by atoms with E-state index >= 15 is 0 Å². The molecule has 0 aliphatic heterocycles. The zero-order valence-corrected chi connectivity index (χ0v) is 14.5. The zero-order valence-electron chi connectivity index (χ0n) is 14.5. The van der Waals surface area contributed by atoms with Crippen LogP contribution in [0.15, 0.2) is 42.5 Å². The Hall–Kier alpha value is -2.62. The molecule has 2 aromatic carbocycles. The van der Waals surface area contributed by atoms with Gasteiger partial charge in [-0.25, -0.2) is 0 Å². The molecule has 0 saturated heterocycles. The molecule has 0 aromatic heterocycles. The van der Waals surface area contributed by atoms with E-state index in [1.165, 1.54) is 16.7 Å². The molecule has 24 heavy (non-hydrogen) atoms. The summed E-state index contributed by atoms with van der Waals surface area (Å²) >= 11 is 0. The number of carbonyl (C=O) groups is 2. The molecule has 4 heteroatoms. The van der Waals surface area contributed by atoms with Crippen LogP contribution in [-0.2, 0) is 11.2 Å². The van der Waals surface area contributed by atoms with Crippen molar-refractivity contribution in [2.45, 2.75) is 33.6 Å². The van der Waals surface area contributed by atoms with Crippen LogP contribution >= 0.6 is 0 Å². The molecule has 0 atom stereocenters. The third-order valence-electron chi connectivity index (χ3n) is 3.91. The fourth-order valence-electron chi connectivity index (χ4n) is 2.47. The lowest BCUT2D eigenvalue weighted by molar-refractivity contribution is -0.115. The maximum Gasteiger partial charge on any atom is 0.251 e. The maximum atomic E-state index is 12.3. The number of rotatable bonds is 6. The minimum absolute atomic E-state index is 0.0671. The van der Waals surface area contributed by atoms with Gasteiger partial charge >= 0.3 is 0 Å². The standard InChI is InChI=1S/C20H24N2O2/c1-4-19(23)22-18-7-5-6-17(13-18)20(24)21-11-10-16-12-14(2)8-9-15(16)3/h5-9,12-13H,4,10-11H2,1-3H3,(H,21,24)(H,22,23). The molecule has 126 valence electrons. The molecule has 2 aromatic rings. The summed E-state index contributed by atoms with van der Waals surface area (Å²) in [6.07, 6.45) is 1.21. The molecule has 0 unspecified atom stereocenters. The van der Waals surface area contributed by atoms with E-state index in [2.05, 4.69) is 42.7 Å². The molecular weight excluding hydrogens is 300 g/mol. The monoisotopic (exact) mass is 324 g/mol. The van der Waals surface area contributed by atoms with Gasteiger partial charge in [0, 0.05) is 24.2 Å². The van der Waals surface area contributed by atoms with E-state index in [0.29, 0.717) is 24.2 Å². The van der Waals surface area contributed by atoms with Crippen LogP contribution in [0.1, 0.15) is 40.4 Å². The second-order valence-corrected chi connectivity index (χ2v) is 5.92. The van der Waals surface area contributed by atoms with Gasteiger partial charge in [0.2, 0.25) is 5.91 Å². The summed E-state index contributed by atoms with van der Waals surface area (Å²) in [5, 5.41) is 5.70. The first kappa shape index (κ1) is 17.7. The summed E-state index contributed by atoms with van der Waals surface area (Å²) < 4.78 is 0. The van der Waals surface area contributed by atoms with Crippen molar-refractivity contribution in [3.63, 3.8) is 0 Å². The Morgan fingerprint density at radius 2 is 1.83 bits per heavy atom. The Bertz CT molecular complexity index is 738. The quantitative estimate of drug-likeness (QED) is 0.852. The average Bonchev–Trinajstić information content (AvgIpc) is 2.58. The van der Waals surface area contributed by atoms with Gasteiger partial charge in [0.1, 0.15) is 0 Å². The predicted octanol–water partition coefficient (Wildman–Crippen LogP) is 3.62. The third-order valence-corrected chi connectivity index (χ3v) is 3.91. The molecular formula is C20H24N2O2. The Kier molecular flexibility index (Phi) is 6.13. The van der Waals surface area contributed by atoms with Gasteiger partial charge < -0.3 is 10.6 Å². The van der Waals surface area contributed by atoms with E-state index < -0.39 is 0 Å². The number of hydrogen-bond acceptors (Lipinski definition) is 2. The Morgan fingerprint density at radius 3 is 2.58 bits per heavy atom. The van der Waals surface area contributed by atoms with Crippen LogP contribution in [-0.4, -0.2) is 18.4 Å². The molecule has 0 heterocycles. The van der Waals surface area contributed by atoms with Crippen LogP contribution < -0.4 is 10.6 Å². The lowest BCUT2D eigenvalue weighted by atomic mass is 10.0. The molecule has 0 saturated carbocycles. The van der Waals surface area contributed by atoms with Crippen LogP contribution in [0, 0.1) is 13.8 Å². The number of aryl methyl sites for hydroxylation is 2. The first-order chi connectivity index (χ1) is 11.5. The topological polar surface area (TPSA) is 58.2 Å². The van der Waals surface area contributed by atoms with E-state index in [1.807, 2.05) is 0 Å². The van der Waals surface area contributed by atoms with Gasteiger partial charge in [0.25, 0.3) is 5.91 Å².